The Morgan fingerprint density at radius 1 is 1.09 bits per heavy atom. The molecule has 1 atom stereocenters. The fourth-order valence-corrected chi connectivity index (χ4v) is 3.27. The van der Waals surface area contributed by atoms with E-state index in [4.69, 9.17) is 4.74 Å². The highest BCUT2D eigenvalue weighted by Gasteiger charge is 2.50. The van der Waals surface area contributed by atoms with Gasteiger partial charge >= 0.3 is 5.25 Å². The van der Waals surface area contributed by atoms with E-state index in [1.807, 2.05) is 0 Å². The lowest BCUT2D eigenvalue weighted by atomic mass is 10.0. The van der Waals surface area contributed by atoms with Gasteiger partial charge in [-0.15, -0.1) is 0 Å². The van der Waals surface area contributed by atoms with Gasteiger partial charge in [-0.3, -0.25) is 0 Å². The van der Waals surface area contributed by atoms with Gasteiger partial charge in [-0.25, -0.2) is 13.2 Å². The lowest BCUT2D eigenvalue weighted by Gasteiger charge is -2.17. The highest BCUT2D eigenvalue weighted by Crippen LogP contribution is 2.57. The highest BCUT2D eigenvalue weighted by atomic mass is 32.2. The molecule has 2 aromatic rings. The monoisotopic (exact) mass is 348 g/mol. The summed E-state index contributed by atoms with van der Waals surface area (Å²) in [6.07, 6.45) is -5.46. The van der Waals surface area contributed by atoms with Crippen molar-refractivity contribution >= 4 is 11.8 Å². The van der Waals surface area contributed by atoms with E-state index in [1.165, 1.54) is 18.2 Å². The fourth-order valence-electron chi connectivity index (χ4n) is 2.28. The maximum atomic E-state index is 13.6. The maximum absolute atomic E-state index is 13.6. The molecule has 1 N–H and O–H groups in total. The molecule has 1 heterocycles. The van der Waals surface area contributed by atoms with Crippen LogP contribution < -0.4 is 4.74 Å². The average molecular weight is 348 g/mol. The first-order valence-electron chi connectivity index (χ1n) is 6.43. The van der Waals surface area contributed by atoms with Crippen molar-refractivity contribution in [2.45, 2.75) is 22.7 Å². The van der Waals surface area contributed by atoms with E-state index in [0.717, 1.165) is 18.2 Å². The third kappa shape index (κ3) is 2.88. The third-order valence-electron chi connectivity index (χ3n) is 3.30. The van der Waals surface area contributed by atoms with Crippen LogP contribution in [0.3, 0.4) is 0 Å². The van der Waals surface area contributed by atoms with Crippen LogP contribution in [0.15, 0.2) is 41.3 Å². The Morgan fingerprint density at radius 2 is 1.74 bits per heavy atom. The van der Waals surface area contributed by atoms with Crippen molar-refractivity contribution in [1.29, 1.82) is 0 Å². The Kier molecular flexibility index (Phi) is 3.97. The molecule has 0 bridgehead atoms. The number of fused-ring (bicyclic) bond motifs is 1. The summed E-state index contributed by atoms with van der Waals surface area (Å²) in [6, 6.07) is 6.90. The van der Waals surface area contributed by atoms with Crippen LogP contribution in [0.5, 0.6) is 11.5 Å². The van der Waals surface area contributed by atoms with Crippen molar-refractivity contribution in [1.82, 2.24) is 0 Å². The summed E-state index contributed by atoms with van der Waals surface area (Å²) in [5.74, 6) is -0.824. The van der Waals surface area contributed by atoms with Gasteiger partial charge in [0.25, 0.3) is 6.43 Å². The molecule has 8 heteroatoms. The second-order valence-corrected chi connectivity index (χ2v) is 6.00. The van der Waals surface area contributed by atoms with Crippen LogP contribution in [0.25, 0.3) is 0 Å². The van der Waals surface area contributed by atoms with Gasteiger partial charge < -0.3 is 9.84 Å². The van der Waals surface area contributed by atoms with Crippen LogP contribution >= 0.6 is 11.8 Å². The second-order valence-electron chi connectivity index (χ2n) is 4.81. The number of alkyl halides is 4. The molecule has 122 valence electrons. The van der Waals surface area contributed by atoms with Gasteiger partial charge in [0.05, 0.1) is 5.56 Å². The topological polar surface area (TPSA) is 29.5 Å². The zero-order chi connectivity index (χ0) is 16.8. The van der Waals surface area contributed by atoms with Gasteiger partial charge in [0.1, 0.15) is 17.3 Å². The number of thioether (sulfide) groups is 1. The van der Waals surface area contributed by atoms with Crippen LogP contribution in [0.4, 0.5) is 22.0 Å². The predicted octanol–water partition coefficient (Wildman–Crippen LogP) is 5.29. The quantitative estimate of drug-likeness (QED) is 0.765. The summed E-state index contributed by atoms with van der Waals surface area (Å²) >= 11 is 0.0282. The molecule has 0 saturated carbocycles. The van der Waals surface area contributed by atoms with E-state index in [-0.39, 0.29) is 28.2 Å². The summed E-state index contributed by atoms with van der Waals surface area (Å²) in [5, 5.41) is 6.07. The number of benzene rings is 2. The summed E-state index contributed by atoms with van der Waals surface area (Å²) in [5.41, 5.74) is -1.32. The number of aliphatic hydroxyl groups is 1. The molecule has 2 aromatic carbocycles. The van der Waals surface area contributed by atoms with Crippen molar-refractivity contribution in [3.8, 4) is 11.5 Å². The smallest absolute Gasteiger partial charge is 0.327 e. The summed E-state index contributed by atoms with van der Waals surface area (Å²) < 4.78 is 72.0. The normalized spacial score (nSPS) is 19.0. The van der Waals surface area contributed by atoms with Crippen LogP contribution in [-0.2, 0) is 0 Å². The van der Waals surface area contributed by atoms with Crippen molar-refractivity contribution in [3.63, 3.8) is 0 Å². The van der Waals surface area contributed by atoms with Crippen LogP contribution in [0, 0.1) is 5.82 Å². The Bertz CT molecular complexity index is 733. The largest absolute Gasteiger partial charge is 0.457 e. The zero-order valence-electron chi connectivity index (χ0n) is 11.3. The molecule has 0 aliphatic carbocycles. The van der Waals surface area contributed by atoms with Gasteiger partial charge in [0.2, 0.25) is 0 Å². The van der Waals surface area contributed by atoms with Crippen LogP contribution in [0.2, 0.25) is 0 Å². The molecule has 0 saturated heterocycles. The predicted molar refractivity (Wildman–Crippen MR) is 73.6 cm³/mol. The summed E-state index contributed by atoms with van der Waals surface area (Å²) in [6.45, 7) is 0. The minimum atomic E-state index is -3.58. The van der Waals surface area contributed by atoms with Crippen molar-refractivity contribution in [2.24, 2.45) is 0 Å². The lowest BCUT2D eigenvalue weighted by Crippen LogP contribution is -2.17. The number of hydrogen-bond donors (Lipinski definition) is 1. The molecule has 0 amide bonds. The van der Waals surface area contributed by atoms with Gasteiger partial charge in [-0.2, -0.15) is 8.78 Å². The van der Waals surface area contributed by atoms with E-state index >= 15 is 0 Å². The maximum Gasteiger partial charge on any atom is 0.327 e. The van der Waals surface area contributed by atoms with E-state index in [1.54, 1.807) is 0 Å². The number of hydrogen-bond acceptors (Lipinski definition) is 3. The molecule has 23 heavy (non-hydrogen) atoms. The number of rotatable bonds is 3. The first kappa shape index (κ1) is 16.1. The molecular weight excluding hydrogens is 339 g/mol. The van der Waals surface area contributed by atoms with Crippen molar-refractivity contribution in [3.05, 3.63) is 53.3 Å². The Balaban J connectivity index is 2.06. The van der Waals surface area contributed by atoms with Gasteiger partial charge in [-0.05, 0) is 48.2 Å². The first-order valence-corrected chi connectivity index (χ1v) is 7.24. The van der Waals surface area contributed by atoms with Gasteiger partial charge in [0.15, 0.2) is 6.10 Å². The summed E-state index contributed by atoms with van der Waals surface area (Å²) in [4.78, 5) is -0.121. The third-order valence-corrected chi connectivity index (χ3v) is 4.38. The molecule has 3 rings (SSSR count). The molecular formula is C15H9F5O2S. The standard InChI is InChI=1S/C15H9F5O2S/c16-7-1-3-8(4-2-7)22-9-5-6-10-12(11(9)14(17)18)13(21)15(19,20)23-10/h1-6,13-14,21H. The zero-order valence-corrected chi connectivity index (χ0v) is 12.1. The fraction of sp³-hybridized carbons (Fsp3) is 0.200. The van der Waals surface area contributed by atoms with Gasteiger partial charge in [-0.1, -0.05) is 0 Å². The van der Waals surface area contributed by atoms with Crippen LogP contribution in [0.1, 0.15) is 23.7 Å². The molecule has 0 aromatic heterocycles. The summed E-state index contributed by atoms with van der Waals surface area (Å²) in [7, 11) is 0. The first-order chi connectivity index (χ1) is 10.8. The minimum Gasteiger partial charge on any atom is -0.457 e. The number of ether oxygens (including phenoxy) is 1. The number of aliphatic hydroxyl groups excluding tert-OH is 1. The van der Waals surface area contributed by atoms with Crippen molar-refractivity contribution in [2.75, 3.05) is 0 Å². The van der Waals surface area contributed by atoms with E-state index < -0.39 is 34.7 Å². The highest BCUT2D eigenvalue weighted by molar-refractivity contribution is 8.00. The van der Waals surface area contributed by atoms with E-state index in [0.29, 0.717) is 0 Å². The Morgan fingerprint density at radius 3 is 2.35 bits per heavy atom. The molecule has 0 fully saturated rings. The lowest BCUT2D eigenvalue weighted by molar-refractivity contribution is -0.0327. The average Bonchev–Trinajstić information content (AvgIpc) is 2.71. The SMILES string of the molecule is OC1c2c(ccc(Oc3ccc(F)cc3)c2C(F)F)SC1(F)F. The molecule has 2 nitrogen and oxygen atoms in total. The van der Waals surface area contributed by atoms with Gasteiger partial charge in [0, 0.05) is 10.5 Å². The second kappa shape index (κ2) is 5.68. The molecule has 1 aliphatic rings. The molecule has 1 unspecified atom stereocenters. The Hall–Kier alpha value is -1.80. The van der Waals surface area contributed by atoms with E-state index in [9.17, 15) is 27.1 Å². The Labute approximate surface area is 131 Å². The van der Waals surface area contributed by atoms with Crippen LogP contribution in [-0.4, -0.2) is 10.4 Å². The van der Waals surface area contributed by atoms with Crippen molar-refractivity contribution < 1.29 is 31.8 Å². The molecule has 0 spiro atoms. The molecule has 1 aliphatic heterocycles. The molecule has 0 radical (unpaired) electrons. The number of halogens is 5. The van der Waals surface area contributed by atoms with E-state index in [2.05, 4.69) is 0 Å². The minimum absolute atomic E-state index is 0.0282.